The van der Waals surface area contributed by atoms with E-state index in [0.29, 0.717) is 41.8 Å². The number of ether oxygens (including phenoxy) is 1. The molecule has 4 N–H and O–H groups in total. The first-order valence-corrected chi connectivity index (χ1v) is 9.80. The van der Waals surface area contributed by atoms with E-state index >= 15 is 0 Å². The number of fused-ring (bicyclic) bond motifs is 1. The Morgan fingerprint density at radius 1 is 1.38 bits per heavy atom. The number of carbonyl (C=O) groups excluding carboxylic acids is 1. The van der Waals surface area contributed by atoms with Gasteiger partial charge in [-0.25, -0.2) is 4.98 Å². The number of halogens is 3. The summed E-state index contributed by atoms with van der Waals surface area (Å²) in [6.45, 7) is 4.49. The van der Waals surface area contributed by atoms with Crippen molar-refractivity contribution in [1.82, 2.24) is 9.97 Å². The van der Waals surface area contributed by atoms with Gasteiger partial charge in [0.1, 0.15) is 5.75 Å². The average Bonchev–Trinajstić information content (AvgIpc) is 3.41. The smallest absolute Gasteiger partial charge is 0.419 e. The fourth-order valence-corrected chi connectivity index (χ4v) is 4.16. The van der Waals surface area contributed by atoms with Crippen LogP contribution in [-0.4, -0.2) is 41.2 Å². The number of nitrogens with one attached hydrogen (secondary N) is 1. The molecule has 0 radical (unpaired) electrons. The van der Waals surface area contributed by atoms with Crippen LogP contribution >= 0.6 is 0 Å². The van der Waals surface area contributed by atoms with Crippen molar-refractivity contribution in [3.63, 3.8) is 0 Å². The zero-order valence-corrected chi connectivity index (χ0v) is 17.2. The number of anilines is 1. The lowest BCUT2D eigenvalue weighted by atomic mass is 9.97. The van der Waals surface area contributed by atoms with Crippen LogP contribution in [0.2, 0.25) is 0 Å². The topological polar surface area (TPSA) is 104 Å². The molecule has 0 unspecified atom stereocenters. The van der Waals surface area contributed by atoms with Crippen LogP contribution in [-0.2, 0) is 6.18 Å². The Bertz CT molecular complexity index is 1220. The Labute approximate surface area is 181 Å². The Hall–Kier alpha value is -3.69. The summed E-state index contributed by atoms with van der Waals surface area (Å²) in [6, 6.07) is 5.37. The fraction of sp³-hybridized carbons (Fsp3) is 0.273. The molecule has 0 saturated carbocycles. The quantitative estimate of drug-likeness (QED) is 0.508. The molecule has 3 aromatic rings. The molecular weight excluding hydrogens is 425 g/mol. The van der Waals surface area contributed by atoms with Gasteiger partial charge in [0.25, 0.3) is 5.91 Å². The number of hydrogen-bond acceptors (Lipinski definition) is 5. The van der Waals surface area contributed by atoms with Crippen LogP contribution in [0.15, 0.2) is 42.9 Å². The summed E-state index contributed by atoms with van der Waals surface area (Å²) >= 11 is 0. The van der Waals surface area contributed by atoms with E-state index in [-0.39, 0.29) is 28.6 Å². The van der Waals surface area contributed by atoms with Gasteiger partial charge >= 0.3 is 6.18 Å². The molecule has 1 atom stereocenters. The minimum absolute atomic E-state index is 0.0425. The fourth-order valence-electron chi connectivity index (χ4n) is 4.16. The number of aliphatic hydroxyl groups is 1. The van der Waals surface area contributed by atoms with Gasteiger partial charge in [-0.15, -0.1) is 0 Å². The summed E-state index contributed by atoms with van der Waals surface area (Å²) in [5, 5.41) is 9.78. The van der Waals surface area contributed by atoms with E-state index in [1.165, 1.54) is 25.6 Å². The molecule has 2 aromatic carbocycles. The van der Waals surface area contributed by atoms with Gasteiger partial charge in [0.2, 0.25) is 0 Å². The molecule has 1 aromatic heterocycles. The normalized spacial score (nSPS) is 16.5. The number of aromatic amines is 1. The minimum atomic E-state index is -4.62. The number of primary amides is 1. The Morgan fingerprint density at radius 3 is 2.72 bits per heavy atom. The SMILES string of the molecule is C=C(O)[C@H]1CCN(c2cc(-c3ccc(OC)c(C(F)(F)F)c3)c3nc[nH]c3c2C(N)=O)C1. The van der Waals surface area contributed by atoms with E-state index < -0.39 is 17.6 Å². The van der Waals surface area contributed by atoms with Crippen molar-refractivity contribution in [2.45, 2.75) is 12.6 Å². The molecule has 1 fully saturated rings. The van der Waals surface area contributed by atoms with Crippen molar-refractivity contribution >= 4 is 22.6 Å². The predicted molar refractivity (Wildman–Crippen MR) is 114 cm³/mol. The van der Waals surface area contributed by atoms with Gasteiger partial charge in [0.05, 0.1) is 47.0 Å². The van der Waals surface area contributed by atoms with E-state index in [1.807, 2.05) is 4.90 Å². The zero-order chi connectivity index (χ0) is 23.2. The first-order valence-electron chi connectivity index (χ1n) is 9.80. The van der Waals surface area contributed by atoms with Crippen LogP contribution < -0.4 is 15.4 Å². The molecule has 2 heterocycles. The van der Waals surface area contributed by atoms with E-state index in [4.69, 9.17) is 10.5 Å². The maximum Gasteiger partial charge on any atom is 0.419 e. The molecule has 1 saturated heterocycles. The van der Waals surface area contributed by atoms with Crippen molar-refractivity contribution in [3.8, 4) is 16.9 Å². The van der Waals surface area contributed by atoms with Crippen LogP contribution in [0.5, 0.6) is 5.75 Å². The molecule has 1 aliphatic heterocycles. The Balaban J connectivity index is 1.94. The predicted octanol–water partition coefficient (Wildman–Crippen LogP) is 4.25. The van der Waals surface area contributed by atoms with E-state index in [2.05, 4.69) is 16.5 Å². The lowest BCUT2D eigenvalue weighted by molar-refractivity contribution is -0.138. The summed E-state index contributed by atoms with van der Waals surface area (Å²) in [4.78, 5) is 21.3. The van der Waals surface area contributed by atoms with Crippen LogP contribution in [0.1, 0.15) is 22.3 Å². The number of amides is 1. The molecule has 4 rings (SSSR count). The van der Waals surface area contributed by atoms with Gasteiger partial charge in [-0.3, -0.25) is 4.79 Å². The number of alkyl halides is 3. The molecule has 0 aliphatic carbocycles. The maximum absolute atomic E-state index is 13.6. The second-order valence-electron chi connectivity index (χ2n) is 7.64. The van der Waals surface area contributed by atoms with Crippen LogP contribution in [0.4, 0.5) is 18.9 Å². The molecule has 7 nitrogen and oxygen atoms in total. The highest BCUT2D eigenvalue weighted by molar-refractivity contribution is 6.12. The first-order chi connectivity index (χ1) is 15.1. The van der Waals surface area contributed by atoms with Crippen LogP contribution in [0, 0.1) is 5.92 Å². The number of H-pyrrole nitrogens is 1. The standard InChI is InChI=1S/C22H21F3N4O3/c1-11(30)13-5-6-29(9-13)16-8-14(19-20(28-10-27-19)18(16)21(26)31)12-3-4-17(32-2)15(7-12)22(23,24)25/h3-4,7-8,10,13,30H,1,5-6,9H2,2H3,(H2,26,31)(H,27,28)/t13-/m0/s1. The third kappa shape index (κ3) is 3.61. The van der Waals surface area contributed by atoms with Crippen LogP contribution in [0.25, 0.3) is 22.2 Å². The molecule has 168 valence electrons. The summed E-state index contributed by atoms with van der Waals surface area (Å²) < 4.78 is 45.7. The highest BCUT2D eigenvalue weighted by Crippen LogP contribution is 2.42. The zero-order valence-electron chi connectivity index (χ0n) is 17.2. The first kappa shape index (κ1) is 21.5. The highest BCUT2D eigenvalue weighted by atomic mass is 19.4. The van der Waals surface area contributed by atoms with Crippen molar-refractivity contribution < 1.29 is 27.8 Å². The van der Waals surface area contributed by atoms with Crippen molar-refractivity contribution in [2.75, 3.05) is 25.1 Å². The third-order valence-electron chi connectivity index (χ3n) is 5.74. The third-order valence-corrected chi connectivity index (χ3v) is 5.74. The van der Waals surface area contributed by atoms with E-state index in [9.17, 15) is 23.1 Å². The summed E-state index contributed by atoms with van der Waals surface area (Å²) in [6.07, 6.45) is -2.64. The monoisotopic (exact) mass is 446 g/mol. The highest BCUT2D eigenvalue weighted by Gasteiger charge is 2.35. The molecule has 0 bridgehead atoms. The second kappa shape index (κ2) is 7.77. The number of nitrogens with zero attached hydrogens (tertiary/aromatic N) is 2. The molecular formula is C22H21F3N4O3. The minimum Gasteiger partial charge on any atom is -0.513 e. The van der Waals surface area contributed by atoms with Gasteiger partial charge in [-0.2, -0.15) is 13.2 Å². The number of benzene rings is 2. The molecule has 0 spiro atoms. The lowest BCUT2D eigenvalue weighted by Gasteiger charge is -2.23. The summed E-state index contributed by atoms with van der Waals surface area (Å²) in [7, 11) is 1.18. The summed E-state index contributed by atoms with van der Waals surface area (Å²) in [5.74, 6) is -1.13. The number of methoxy groups -OCH3 is 1. The maximum atomic E-state index is 13.6. The number of carbonyl (C=O) groups is 1. The van der Waals surface area contributed by atoms with Crippen molar-refractivity contribution in [2.24, 2.45) is 11.7 Å². The van der Waals surface area contributed by atoms with Crippen molar-refractivity contribution in [1.29, 1.82) is 0 Å². The number of rotatable bonds is 5. The van der Waals surface area contributed by atoms with Gasteiger partial charge < -0.3 is 25.5 Å². The van der Waals surface area contributed by atoms with Gasteiger partial charge in [-0.05, 0) is 30.2 Å². The van der Waals surface area contributed by atoms with Crippen molar-refractivity contribution in [3.05, 3.63) is 54.1 Å². The van der Waals surface area contributed by atoms with E-state index in [1.54, 1.807) is 6.07 Å². The number of nitrogens with two attached hydrogens (primary N) is 1. The number of aliphatic hydroxyl groups excluding tert-OH is 1. The number of aromatic nitrogens is 2. The van der Waals surface area contributed by atoms with Gasteiger partial charge in [-0.1, -0.05) is 12.6 Å². The molecule has 10 heteroatoms. The summed E-state index contributed by atoms with van der Waals surface area (Å²) in [5.41, 5.74) is 6.71. The molecule has 1 aliphatic rings. The van der Waals surface area contributed by atoms with Gasteiger partial charge in [0, 0.05) is 24.6 Å². The Kier molecular flexibility index (Phi) is 5.23. The number of hydrogen-bond donors (Lipinski definition) is 3. The Morgan fingerprint density at radius 2 is 2.12 bits per heavy atom. The second-order valence-corrected chi connectivity index (χ2v) is 7.64. The largest absolute Gasteiger partial charge is 0.513 e. The van der Waals surface area contributed by atoms with E-state index in [0.717, 1.165) is 6.07 Å². The molecule has 32 heavy (non-hydrogen) atoms. The number of imidazole rings is 1. The van der Waals surface area contributed by atoms with Crippen LogP contribution in [0.3, 0.4) is 0 Å². The van der Waals surface area contributed by atoms with Gasteiger partial charge in [0.15, 0.2) is 0 Å². The molecule has 1 amide bonds. The average molecular weight is 446 g/mol. The lowest BCUT2D eigenvalue weighted by Crippen LogP contribution is -2.25.